The van der Waals surface area contributed by atoms with Crippen LogP contribution in [0.2, 0.25) is 10.3 Å². The van der Waals surface area contributed by atoms with Gasteiger partial charge >= 0.3 is 0 Å². The summed E-state index contributed by atoms with van der Waals surface area (Å²) in [6.07, 6.45) is 3.36. The number of nitrogens with one attached hydrogen (secondary N) is 2. The fraction of sp³-hybridized carbons (Fsp3) is 0. The Morgan fingerprint density at radius 1 is 1.17 bits per heavy atom. The number of fused-ring (bicyclic) bond motifs is 1. The summed E-state index contributed by atoms with van der Waals surface area (Å²) in [7, 11) is 0. The van der Waals surface area contributed by atoms with Crippen LogP contribution in [0.4, 0.5) is 11.5 Å². The third-order valence-electron chi connectivity index (χ3n) is 2.53. The molecule has 0 bridgehead atoms. The SMILES string of the molecule is Clc1nccc(Nc2ccc3[nH]cc(Cl)c3c2)n1. The molecule has 2 heterocycles. The van der Waals surface area contributed by atoms with Crippen molar-refractivity contribution < 1.29 is 0 Å². The molecule has 3 aromatic rings. The number of hydrogen-bond acceptors (Lipinski definition) is 3. The minimum Gasteiger partial charge on any atom is -0.360 e. The molecule has 0 aliphatic carbocycles. The van der Waals surface area contributed by atoms with Crippen molar-refractivity contribution in [2.75, 3.05) is 5.32 Å². The maximum Gasteiger partial charge on any atom is 0.224 e. The Labute approximate surface area is 113 Å². The molecule has 0 fully saturated rings. The summed E-state index contributed by atoms with van der Waals surface area (Å²) in [5, 5.41) is 5.00. The zero-order valence-corrected chi connectivity index (χ0v) is 10.6. The summed E-state index contributed by atoms with van der Waals surface area (Å²) in [6, 6.07) is 7.58. The minimum absolute atomic E-state index is 0.209. The zero-order valence-electron chi connectivity index (χ0n) is 9.11. The van der Waals surface area contributed by atoms with E-state index in [1.807, 2.05) is 18.2 Å². The van der Waals surface area contributed by atoms with Gasteiger partial charge in [0.1, 0.15) is 5.82 Å². The van der Waals surface area contributed by atoms with Gasteiger partial charge in [0, 0.05) is 29.0 Å². The molecule has 90 valence electrons. The first-order valence-electron chi connectivity index (χ1n) is 5.24. The smallest absolute Gasteiger partial charge is 0.224 e. The van der Waals surface area contributed by atoms with Gasteiger partial charge < -0.3 is 10.3 Å². The maximum atomic E-state index is 6.07. The molecule has 0 saturated carbocycles. The van der Waals surface area contributed by atoms with Crippen LogP contribution in [0, 0.1) is 0 Å². The summed E-state index contributed by atoms with van der Waals surface area (Å²) in [4.78, 5) is 11.0. The molecule has 0 unspecified atom stereocenters. The Morgan fingerprint density at radius 2 is 2.06 bits per heavy atom. The zero-order chi connectivity index (χ0) is 12.5. The minimum atomic E-state index is 0.209. The summed E-state index contributed by atoms with van der Waals surface area (Å²) in [5.41, 5.74) is 1.88. The molecule has 6 heteroatoms. The second kappa shape index (κ2) is 4.48. The molecule has 0 aliphatic heterocycles. The highest BCUT2D eigenvalue weighted by molar-refractivity contribution is 6.35. The largest absolute Gasteiger partial charge is 0.360 e. The van der Waals surface area contributed by atoms with Crippen LogP contribution in [0.3, 0.4) is 0 Å². The van der Waals surface area contributed by atoms with E-state index in [0.29, 0.717) is 10.8 Å². The summed E-state index contributed by atoms with van der Waals surface area (Å²) in [6.45, 7) is 0. The summed E-state index contributed by atoms with van der Waals surface area (Å²) >= 11 is 11.8. The lowest BCUT2D eigenvalue weighted by molar-refractivity contribution is 1.17. The lowest BCUT2D eigenvalue weighted by Gasteiger charge is -2.05. The Balaban J connectivity index is 1.97. The predicted octanol–water partition coefficient (Wildman–Crippen LogP) is 4.01. The van der Waals surface area contributed by atoms with Gasteiger partial charge in [-0.3, -0.25) is 0 Å². The number of nitrogens with zero attached hydrogens (tertiary/aromatic N) is 2. The molecule has 3 rings (SSSR count). The third-order valence-corrected chi connectivity index (χ3v) is 3.02. The number of benzene rings is 1. The molecular formula is C12H8Cl2N4. The second-order valence-electron chi connectivity index (χ2n) is 3.73. The van der Waals surface area contributed by atoms with Crippen molar-refractivity contribution in [3.8, 4) is 0 Å². The highest BCUT2D eigenvalue weighted by atomic mass is 35.5. The molecule has 0 amide bonds. The summed E-state index contributed by atoms with van der Waals surface area (Å²) in [5.74, 6) is 0.640. The van der Waals surface area contributed by atoms with Gasteiger partial charge in [-0.25, -0.2) is 9.97 Å². The highest BCUT2D eigenvalue weighted by Crippen LogP contribution is 2.27. The molecule has 2 N–H and O–H groups in total. The number of H-pyrrole nitrogens is 1. The van der Waals surface area contributed by atoms with Crippen molar-refractivity contribution in [2.24, 2.45) is 0 Å². The fourth-order valence-electron chi connectivity index (χ4n) is 1.72. The average Bonchev–Trinajstić information content (AvgIpc) is 2.71. The number of halogens is 2. The van der Waals surface area contributed by atoms with Crippen LogP contribution in [0.15, 0.2) is 36.7 Å². The average molecular weight is 279 g/mol. The van der Waals surface area contributed by atoms with Gasteiger partial charge in [-0.1, -0.05) is 11.6 Å². The molecule has 4 nitrogen and oxygen atoms in total. The molecule has 2 aromatic heterocycles. The van der Waals surface area contributed by atoms with Crippen molar-refractivity contribution in [3.63, 3.8) is 0 Å². The second-order valence-corrected chi connectivity index (χ2v) is 4.48. The predicted molar refractivity (Wildman–Crippen MR) is 73.6 cm³/mol. The van der Waals surface area contributed by atoms with Crippen LogP contribution in [0.25, 0.3) is 10.9 Å². The first kappa shape index (κ1) is 11.3. The molecule has 0 atom stereocenters. The van der Waals surface area contributed by atoms with E-state index in [0.717, 1.165) is 16.6 Å². The van der Waals surface area contributed by atoms with E-state index in [-0.39, 0.29) is 5.28 Å². The highest BCUT2D eigenvalue weighted by Gasteiger charge is 2.03. The topological polar surface area (TPSA) is 53.6 Å². The molecule has 18 heavy (non-hydrogen) atoms. The molecule has 0 radical (unpaired) electrons. The number of aromatic nitrogens is 3. The van der Waals surface area contributed by atoms with Crippen molar-refractivity contribution in [1.29, 1.82) is 0 Å². The molecule has 0 aliphatic rings. The molecule has 0 saturated heterocycles. The fourth-order valence-corrected chi connectivity index (χ4v) is 2.08. The Kier molecular flexibility index (Phi) is 2.81. The number of anilines is 2. The van der Waals surface area contributed by atoms with Crippen molar-refractivity contribution >= 4 is 45.6 Å². The third kappa shape index (κ3) is 2.12. The van der Waals surface area contributed by atoms with Gasteiger partial charge in [-0.2, -0.15) is 0 Å². The molecular weight excluding hydrogens is 271 g/mol. The van der Waals surface area contributed by atoms with Gasteiger partial charge in [0.2, 0.25) is 5.28 Å². The molecule has 1 aromatic carbocycles. The van der Waals surface area contributed by atoms with Crippen molar-refractivity contribution in [3.05, 3.63) is 47.0 Å². The van der Waals surface area contributed by atoms with Gasteiger partial charge in [-0.05, 0) is 35.9 Å². The van der Waals surface area contributed by atoms with Crippen LogP contribution in [-0.2, 0) is 0 Å². The number of aromatic amines is 1. The van der Waals surface area contributed by atoms with E-state index in [1.54, 1.807) is 18.5 Å². The first-order chi connectivity index (χ1) is 8.72. The van der Waals surface area contributed by atoms with E-state index in [9.17, 15) is 0 Å². The maximum absolute atomic E-state index is 6.07. The number of rotatable bonds is 2. The van der Waals surface area contributed by atoms with Gasteiger partial charge in [0.25, 0.3) is 0 Å². The van der Waals surface area contributed by atoms with Crippen LogP contribution in [-0.4, -0.2) is 15.0 Å². The normalized spacial score (nSPS) is 10.8. The van der Waals surface area contributed by atoms with E-state index >= 15 is 0 Å². The lowest BCUT2D eigenvalue weighted by Crippen LogP contribution is -1.94. The molecule has 0 spiro atoms. The van der Waals surface area contributed by atoms with E-state index in [1.165, 1.54) is 0 Å². The van der Waals surface area contributed by atoms with Crippen LogP contribution < -0.4 is 5.32 Å². The lowest BCUT2D eigenvalue weighted by atomic mass is 10.2. The Bertz CT molecular complexity index is 708. The van der Waals surface area contributed by atoms with Crippen molar-refractivity contribution in [1.82, 2.24) is 15.0 Å². The Hall–Kier alpha value is -1.78. The van der Waals surface area contributed by atoms with E-state index in [4.69, 9.17) is 23.2 Å². The van der Waals surface area contributed by atoms with Gasteiger partial charge in [-0.15, -0.1) is 0 Å². The van der Waals surface area contributed by atoms with Gasteiger partial charge in [0.05, 0.1) is 5.02 Å². The van der Waals surface area contributed by atoms with Crippen LogP contribution in [0.1, 0.15) is 0 Å². The van der Waals surface area contributed by atoms with E-state index < -0.39 is 0 Å². The Morgan fingerprint density at radius 3 is 2.89 bits per heavy atom. The van der Waals surface area contributed by atoms with Crippen LogP contribution >= 0.6 is 23.2 Å². The first-order valence-corrected chi connectivity index (χ1v) is 6.00. The summed E-state index contributed by atoms with van der Waals surface area (Å²) < 4.78 is 0. The quantitative estimate of drug-likeness (QED) is 0.697. The van der Waals surface area contributed by atoms with Crippen LogP contribution in [0.5, 0.6) is 0 Å². The number of hydrogen-bond donors (Lipinski definition) is 2. The van der Waals surface area contributed by atoms with Gasteiger partial charge in [0.15, 0.2) is 0 Å². The monoisotopic (exact) mass is 278 g/mol. The van der Waals surface area contributed by atoms with Crippen molar-refractivity contribution in [2.45, 2.75) is 0 Å². The standard InChI is InChI=1S/C12H8Cl2N4/c13-9-6-16-10-2-1-7(5-8(9)10)17-11-3-4-15-12(14)18-11/h1-6,16H,(H,15,17,18). The van der Waals surface area contributed by atoms with E-state index in [2.05, 4.69) is 20.3 Å².